The number of carbonyl (C=O) groups excluding carboxylic acids is 3. The first-order valence-electron chi connectivity index (χ1n) is 9.89. The van der Waals surface area contributed by atoms with Crippen LogP contribution in [0.5, 0.6) is 11.5 Å². The molecule has 2 aromatic carbocycles. The van der Waals surface area contributed by atoms with Crippen molar-refractivity contribution in [2.75, 3.05) is 19.5 Å². The molecule has 0 aromatic heterocycles. The second kappa shape index (κ2) is 8.29. The van der Waals surface area contributed by atoms with Gasteiger partial charge in [-0.05, 0) is 63.6 Å². The lowest BCUT2D eigenvalue weighted by atomic mass is 10.1. The van der Waals surface area contributed by atoms with Gasteiger partial charge in [0, 0.05) is 11.2 Å². The average Bonchev–Trinajstić information content (AvgIpc) is 2.97. The number of fused-ring (bicyclic) bond motifs is 1. The molecular weight excluding hydrogens is 398 g/mol. The monoisotopic (exact) mass is 425 g/mol. The maximum atomic E-state index is 12.7. The second-order valence-corrected chi connectivity index (χ2v) is 8.31. The van der Waals surface area contributed by atoms with Gasteiger partial charge in [-0.2, -0.15) is 0 Å². The molecule has 8 heteroatoms. The molecule has 1 aliphatic heterocycles. The summed E-state index contributed by atoms with van der Waals surface area (Å²) < 4.78 is 10.5. The van der Waals surface area contributed by atoms with E-state index in [1.165, 1.54) is 11.0 Å². The number of methoxy groups -OCH3 is 2. The number of benzene rings is 2. The van der Waals surface area contributed by atoms with Crippen molar-refractivity contribution in [2.45, 2.75) is 39.3 Å². The lowest BCUT2D eigenvalue weighted by molar-refractivity contribution is 0.0507. The molecule has 0 saturated carbocycles. The number of urea groups is 1. The molecule has 2 N–H and O–H groups in total. The topological polar surface area (TPSA) is 97.0 Å². The van der Waals surface area contributed by atoms with Gasteiger partial charge in [-0.15, -0.1) is 0 Å². The van der Waals surface area contributed by atoms with E-state index in [9.17, 15) is 14.4 Å². The molecule has 0 saturated heterocycles. The highest BCUT2D eigenvalue weighted by Crippen LogP contribution is 2.32. The lowest BCUT2D eigenvalue weighted by Crippen LogP contribution is -2.45. The van der Waals surface area contributed by atoms with Gasteiger partial charge in [-0.1, -0.05) is 6.07 Å². The third kappa shape index (κ3) is 4.33. The summed E-state index contributed by atoms with van der Waals surface area (Å²) in [7, 11) is 3.11. The predicted octanol–water partition coefficient (Wildman–Crippen LogP) is 3.98. The smallest absolute Gasteiger partial charge is 0.319 e. The molecule has 1 heterocycles. The SMILES string of the molecule is COc1ccc(C(C)NC(=O)Nc2ccc3c(c2)C(=O)N(C(C)(C)C)C3=O)cc1OC. The third-order valence-electron chi connectivity index (χ3n) is 5.07. The number of nitrogens with zero attached hydrogens (tertiary/aromatic N) is 1. The largest absolute Gasteiger partial charge is 0.493 e. The molecule has 0 aliphatic carbocycles. The van der Waals surface area contributed by atoms with Crippen LogP contribution in [0.15, 0.2) is 36.4 Å². The minimum atomic E-state index is -0.632. The molecule has 8 nitrogen and oxygen atoms in total. The van der Waals surface area contributed by atoms with Crippen LogP contribution in [-0.4, -0.2) is 42.5 Å². The average molecular weight is 425 g/mol. The molecule has 31 heavy (non-hydrogen) atoms. The van der Waals surface area contributed by atoms with E-state index in [1.54, 1.807) is 59.3 Å². The fraction of sp³-hybridized carbons (Fsp3) is 0.348. The summed E-state index contributed by atoms with van der Waals surface area (Å²) in [5.74, 6) is 0.477. The summed E-state index contributed by atoms with van der Waals surface area (Å²) in [4.78, 5) is 39.0. The molecule has 1 atom stereocenters. The van der Waals surface area contributed by atoms with Crippen LogP contribution < -0.4 is 20.1 Å². The molecule has 0 bridgehead atoms. The number of imide groups is 1. The van der Waals surface area contributed by atoms with Crippen molar-refractivity contribution >= 4 is 23.5 Å². The van der Waals surface area contributed by atoms with Crippen molar-refractivity contribution in [3.05, 3.63) is 53.1 Å². The van der Waals surface area contributed by atoms with Crippen molar-refractivity contribution < 1.29 is 23.9 Å². The van der Waals surface area contributed by atoms with E-state index in [2.05, 4.69) is 10.6 Å². The van der Waals surface area contributed by atoms with Crippen molar-refractivity contribution in [1.29, 1.82) is 0 Å². The Hall–Kier alpha value is -3.55. The molecule has 164 valence electrons. The highest BCUT2D eigenvalue weighted by atomic mass is 16.5. The summed E-state index contributed by atoms with van der Waals surface area (Å²) in [6.07, 6.45) is 0. The summed E-state index contributed by atoms with van der Waals surface area (Å²) in [6.45, 7) is 7.25. The Bertz CT molecular complexity index is 1040. The van der Waals surface area contributed by atoms with E-state index in [1.807, 2.05) is 13.0 Å². The minimum absolute atomic E-state index is 0.283. The van der Waals surface area contributed by atoms with E-state index >= 15 is 0 Å². The maximum absolute atomic E-state index is 12.7. The molecule has 0 radical (unpaired) electrons. The van der Waals surface area contributed by atoms with Crippen molar-refractivity contribution in [3.63, 3.8) is 0 Å². The van der Waals surface area contributed by atoms with Crippen molar-refractivity contribution in [2.24, 2.45) is 0 Å². The van der Waals surface area contributed by atoms with Gasteiger partial charge in [0.05, 0.1) is 31.4 Å². The van der Waals surface area contributed by atoms with E-state index in [0.717, 1.165) is 5.56 Å². The van der Waals surface area contributed by atoms with E-state index in [4.69, 9.17) is 9.47 Å². The fourth-order valence-corrected chi connectivity index (χ4v) is 3.50. The summed E-state index contributed by atoms with van der Waals surface area (Å²) >= 11 is 0. The van der Waals surface area contributed by atoms with Crippen LogP contribution >= 0.6 is 0 Å². The Balaban J connectivity index is 1.72. The molecule has 3 rings (SSSR count). The number of hydrogen-bond acceptors (Lipinski definition) is 5. The minimum Gasteiger partial charge on any atom is -0.493 e. The van der Waals surface area contributed by atoms with Gasteiger partial charge < -0.3 is 20.1 Å². The van der Waals surface area contributed by atoms with Gasteiger partial charge in [-0.25, -0.2) is 4.79 Å². The molecule has 4 amide bonds. The number of rotatable bonds is 5. The quantitative estimate of drug-likeness (QED) is 0.707. The number of hydrogen-bond donors (Lipinski definition) is 2. The number of carbonyl (C=O) groups is 3. The Morgan fingerprint density at radius 2 is 1.58 bits per heavy atom. The predicted molar refractivity (Wildman–Crippen MR) is 117 cm³/mol. The van der Waals surface area contributed by atoms with Gasteiger partial charge in [0.2, 0.25) is 0 Å². The highest BCUT2D eigenvalue weighted by molar-refractivity contribution is 6.22. The second-order valence-electron chi connectivity index (χ2n) is 8.31. The van der Waals surface area contributed by atoms with Crippen LogP contribution in [0, 0.1) is 0 Å². The number of ether oxygens (including phenoxy) is 2. The fourth-order valence-electron chi connectivity index (χ4n) is 3.50. The molecule has 1 aliphatic rings. The van der Waals surface area contributed by atoms with Crippen LogP contribution in [-0.2, 0) is 0 Å². The van der Waals surface area contributed by atoms with Gasteiger partial charge >= 0.3 is 6.03 Å². The normalized spacial score (nSPS) is 14.2. The molecule has 2 aromatic rings. The lowest BCUT2D eigenvalue weighted by Gasteiger charge is -2.29. The Labute approximate surface area is 181 Å². The number of nitrogens with one attached hydrogen (secondary N) is 2. The van der Waals surface area contributed by atoms with Crippen LogP contribution in [0.4, 0.5) is 10.5 Å². The van der Waals surface area contributed by atoms with Crippen LogP contribution in [0.3, 0.4) is 0 Å². The van der Waals surface area contributed by atoms with Crippen LogP contribution in [0.25, 0.3) is 0 Å². The van der Waals surface area contributed by atoms with Gasteiger partial charge in [-0.3, -0.25) is 14.5 Å². The zero-order chi connectivity index (χ0) is 22.9. The molecule has 1 unspecified atom stereocenters. The van der Waals surface area contributed by atoms with Crippen LogP contribution in [0.2, 0.25) is 0 Å². The third-order valence-corrected chi connectivity index (χ3v) is 5.07. The van der Waals surface area contributed by atoms with Crippen molar-refractivity contribution in [3.8, 4) is 11.5 Å². The Morgan fingerprint density at radius 1 is 0.935 bits per heavy atom. The Kier molecular flexibility index (Phi) is 5.92. The van der Waals surface area contributed by atoms with Crippen LogP contribution in [0.1, 0.15) is 60.0 Å². The summed E-state index contributed by atoms with van der Waals surface area (Å²) in [5, 5.41) is 5.57. The van der Waals surface area contributed by atoms with E-state index < -0.39 is 11.6 Å². The first-order chi connectivity index (χ1) is 14.6. The van der Waals surface area contributed by atoms with E-state index in [-0.39, 0.29) is 23.4 Å². The first kappa shape index (κ1) is 22.1. The zero-order valence-electron chi connectivity index (χ0n) is 18.5. The Morgan fingerprint density at radius 3 is 2.19 bits per heavy atom. The van der Waals surface area contributed by atoms with Gasteiger partial charge in [0.1, 0.15) is 0 Å². The maximum Gasteiger partial charge on any atom is 0.319 e. The van der Waals surface area contributed by atoms with Gasteiger partial charge in [0.15, 0.2) is 11.5 Å². The molecule has 0 spiro atoms. The van der Waals surface area contributed by atoms with Gasteiger partial charge in [0.25, 0.3) is 11.8 Å². The number of anilines is 1. The van der Waals surface area contributed by atoms with Crippen molar-refractivity contribution in [1.82, 2.24) is 10.2 Å². The standard InChI is InChI=1S/C23H27N3O5/c1-13(14-7-10-18(30-5)19(11-14)31-6)24-22(29)25-15-8-9-16-17(12-15)21(28)26(20(16)27)23(2,3)4/h7-13H,1-6H3,(H2,24,25,29). The summed E-state index contributed by atoms with van der Waals surface area (Å²) in [5.41, 5.74) is 1.25. The highest BCUT2D eigenvalue weighted by Gasteiger charge is 2.41. The summed E-state index contributed by atoms with van der Waals surface area (Å²) in [6, 6.07) is 9.36. The zero-order valence-corrected chi connectivity index (χ0v) is 18.5. The number of amides is 4. The molecule has 0 fully saturated rings. The van der Waals surface area contributed by atoms with E-state index in [0.29, 0.717) is 22.7 Å². The molecular formula is C23H27N3O5. The first-order valence-corrected chi connectivity index (χ1v) is 9.89.